The standard InChI is InChI=1S/C21H30O2/c1-14(22)16-9-10-17-18-8-7-15-6-4-5-11-20(15,3)21(18,23)13-12-19(16,17)2/h4,6-7,16-18,23H,5,8-13H2,1-3H3. The molecule has 4 aliphatic rings. The van der Waals surface area contributed by atoms with Crippen molar-refractivity contribution in [3.63, 3.8) is 0 Å². The zero-order valence-electron chi connectivity index (χ0n) is 14.8. The van der Waals surface area contributed by atoms with Crippen LogP contribution in [-0.4, -0.2) is 16.5 Å². The first-order valence-electron chi connectivity index (χ1n) is 9.43. The summed E-state index contributed by atoms with van der Waals surface area (Å²) in [6.07, 6.45) is 14.0. The van der Waals surface area contributed by atoms with Crippen molar-refractivity contribution in [2.24, 2.45) is 28.6 Å². The van der Waals surface area contributed by atoms with E-state index in [9.17, 15) is 9.90 Å². The molecule has 0 saturated heterocycles. The van der Waals surface area contributed by atoms with E-state index in [0.29, 0.717) is 17.6 Å². The number of carbonyl (C=O) groups is 1. The Morgan fingerprint density at radius 3 is 2.70 bits per heavy atom. The van der Waals surface area contributed by atoms with Crippen LogP contribution in [0, 0.1) is 28.6 Å². The lowest BCUT2D eigenvalue weighted by atomic mass is 9.45. The number of fused-ring (bicyclic) bond motifs is 5. The number of aliphatic hydroxyl groups is 1. The Morgan fingerprint density at radius 2 is 1.96 bits per heavy atom. The minimum Gasteiger partial charge on any atom is -0.389 e. The van der Waals surface area contributed by atoms with Crippen LogP contribution in [0.4, 0.5) is 0 Å². The van der Waals surface area contributed by atoms with Crippen LogP contribution in [-0.2, 0) is 4.79 Å². The summed E-state index contributed by atoms with van der Waals surface area (Å²) in [6, 6.07) is 0. The highest BCUT2D eigenvalue weighted by Gasteiger charge is 2.65. The number of ketones is 1. The smallest absolute Gasteiger partial charge is 0.133 e. The molecule has 0 radical (unpaired) electrons. The topological polar surface area (TPSA) is 37.3 Å². The molecule has 0 heterocycles. The highest BCUT2D eigenvalue weighted by Crippen LogP contribution is 2.67. The first-order valence-corrected chi connectivity index (χ1v) is 9.43. The van der Waals surface area contributed by atoms with E-state index in [-0.39, 0.29) is 16.7 Å². The summed E-state index contributed by atoms with van der Waals surface area (Å²) in [7, 11) is 0. The molecule has 1 N–H and O–H groups in total. The number of hydrogen-bond acceptors (Lipinski definition) is 2. The first-order chi connectivity index (χ1) is 10.8. The van der Waals surface area contributed by atoms with Gasteiger partial charge in [0.05, 0.1) is 5.60 Å². The van der Waals surface area contributed by atoms with E-state index in [1.165, 1.54) is 5.57 Å². The average Bonchev–Trinajstić information content (AvgIpc) is 2.85. The Kier molecular flexibility index (Phi) is 3.27. The van der Waals surface area contributed by atoms with Crippen LogP contribution >= 0.6 is 0 Å². The lowest BCUT2D eigenvalue weighted by Gasteiger charge is -2.61. The van der Waals surface area contributed by atoms with Crippen molar-refractivity contribution in [1.82, 2.24) is 0 Å². The summed E-state index contributed by atoms with van der Waals surface area (Å²) >= 11 is 0. The van der Waals surface area contributed by atoms with Gasteiger partial charge in [-0.3, -0.25) is 4.79 Å². The van der Waals surface area contributed by atoms with Crippen molar-refractivity contribution in [2.75, 3.05) is 0 Å². The molecule has 2 nitrogen and oxygen atoms in total. The quantitative estimate of drug-likeness (QED) is 0.777. The monoisotopic (exact) mass is 314 g/mol. The number of carbonyl (C=O) groups excluding carboxylic acids is 1. The SMILES string of the molecule is CC(=O)C1CCC2C3CC=C4C=CCCC4(C)C3(O)CCC12C. The fourth-order valence-corrected chi connectivity index (χ4v) is 6.90. The Balaban J connectivity index is 1.76. The summed E-state index contributed by atoms with van der Waals surface area (Å²) in [6.45, 7) is 6.39. The average molecular weight is 314 g/mol. The zero-order chi connectivity index (χ0) is 16.5. The summed E-state index contributed by atoms with van der Waals surface area (Å²) in [4.78, 5) is 12.2. The third-order valence-electron chi connectivity index (χ3n) is 8.34. The van der Waals surface area contributed by atoms with Gasteiger partial charge in [-0.25, -0.2) is 0 Å². The summed E-state index contributed by atoms with van der Waals surface area (Å²) < 4.78 is 0. The van der Waals surface area contributed by atoms with Gasteiger partial charge in [-0.05, 0) is 74.7 Å². The molecule has 126 valence electrons. The lowest BCUT2D eigenvalue weighted by molar-refractivity contribution is -0.181. The van der Waals surface area contributed by atoms with Gasteiger partial charge in [-0.1, -0.05) is 32.1 Å². The van der Waals surface area contributed by atoms with Crippen LogP contribution in [0.2, 0.25) is 0 Å². The molecule has 0 aliphatic heterocycles. The molecule has 0 aromatic carbocycles. The molecule has 6 atom stereocenters. The first kappa shape index (κ1) is 15.6. The van der Waals surface area contributed by atoms with Gasteiger partial charge >= 0.3 is 0 Å². The van der Waals surface area contributed by atoms with E-state index in [4.69, 9.17) is 0 Å². The molecule has 4 aliphatic carbocycles. The van der Waals surface area contributed by atoms with E-state index in [1.54, 1.807) is 6.92 Å². The largest absolute Gasteiger partial charge is 0.389 e. The molecule has 23 heavy (non-hydrogen) atoms. The highest BCUT2D eigenvalue weighted by molar-refractivity contribution is 5.79. The molecule has 2 saturated carbocycles. The lowest BCUT2D eigenvalue weighted by Crippen LogP contribution is -2.62. The third kappa shape index (κ3) is 1.82. The molecule has 0 aromatic rings. The van der Waals surface area contributed by atoms with E-state index >= 15 is 0 Å². The van der Waals surface area contributed by atoms with Crippen molar-refractivity contribution < 1.29 is 9.90 Å². The molecule has 6 unspecified atom stereocenters. The van der Waals surface area contributed by atoms with Gasteiger partial charge in [0.2, 0.25) is 0 Å². The van der Waals surface area contributed by atoms with Crippen LogP contribution in [0.1, 0.15) is 65.7 Å². The maximum Gasteiger partial charge on any atom is 0.133 e. The molecule has 2 heteroatoms. The van der Waals surface area contributed by atoms with E-state index in [1.807, 2.05) is 0 Å². The molecule has 2 fully saturated rings. The van der Waals surface area contributed by atoms with Crippen molar-refractivity contribution in [1.29, 1.82) is 0 Å². The van der Waals surface area contributed by atoms with E-state index < -0.39 is 5.60 Å². The second-order valence-corrected chi connectivity index (χ2v) is 9.05. The van der Waals surface area contributed by atoms with Gasteiger partial charge in [0.15, 0.2) is 0 Å². The zero-order valence-corrected chi connectivity index (χ0v) is 14.8. The van der Waals surface area contributed by atoms with Gasteiger partial charge < -0.3 is 5.11 Å². The molecule has 0 spiro atoms. The van der Waals surface area contributed by atoms with Crippen LogP contribution in [0.25, 0.3) is 0 Å². The van der Waals surface area contributed by atoms with E-state index in [2.05, 4.69) is 32.1 Å². The maximum atomic E-state index is 12.2. The fourth-order valence-electron chi connectivity index (χ4n) is 6.90. The molecule has 0 amide bonds. The van der Waals surface area contributed by atoms with Crippen molar-refractivity contribution in [3.8, 4) is 0 Å². The second-order valence-electron chi connectivity index (χ2n) is 9.05. The highest BCUT2D eigenvalue weighted by atomic mass is 16.3. The summed E-state index contributed by atoms with van der Waals surface area (Å²) in [5.41, 5.74) is 0.777. The van der Waals surface area contributed by atoms with Crippen molar-refractivity contribution >= 4 is 5.78 Å². The van der Waals surface area contributed by atoms with Crippen molar-refractivity contribution in [2.45, 2.75) is 71.3 Å². The van der Waals surface area contributed by atoms with Gasteiger partial charge in [0.1, 0.15) is 5.78 Å². The van der Waals surface area contributed by atoms with Gasteiger partial charge in [0, 0.05) is 11.3 Å². The van der Waals surface area contributed by atoms with Crippen molar-refractivity contribution in [3.05, 3.63) is 23.8 Å². The fraction of sp³-hybridized carbons (Fsp3) is 0.762. The Morgan fingerprint density at radius 1 is 1.17 bits per heavy atom. The van der Waals surface area contributed by atoms with Crippen LogP contribution < -0.4 is 0 Å². The van der Waals surface area contributed by atoms with E-state index in [0.717, 1.165) is 44.9 Å². The second kappa shape index (κ2) is 4.81. The summed E-state index contributed by atoms with van der Waals surface area (Å²) in [5, 5.41) is 11.9. The maximum absolute atomic E-state index is 12.2. The van der Waals surface area contributed by atoms with Crippen LogP contribution in [0.5, 0.6) is 0 Å². The molecule has 0 bridgehead atoms. The number of allylic oxidation sites excluding steroid dienone is 3. The Bertz CT molecular complexity index is 603. The third-order valence-corrected chi connectivity index (χ3v) is 8.34. The Hall–Kier alpha value is -0.890. The Labute approximate surface area is 140 Å². The minimum absolute atomic E-state index is 0.0969. The number of Topliss-reactive ketones (excluding diaryl/α,β-unsaturated/α-hetero) is 1. The normalized spacial score (nSPS) is 51.5. The molecule has 0 aromatic heterocycles. The predicted octanol–water partition coefficient (Wildman–Crippen LogP) is 4.44. The van der Waals surface area contributed by atoms with Gasteiger partial charge in [-0.2, -0.15) is 0 Å². The minimum atomic E-state index is -0.586. The predicted molar refractivity (Wildman–Crippen MR) is 91.9 cm³/mol. The van der Waals surface area contributed by atoms with Gasteiger partial charge in [-0.15, -0.1) is 0 Å². The molecular weight excluding hydrogens is 284 g/mol. The molecule has 4 rings (SSSR count). The number of rotatable bonds is 1. The number of hydrogen-bond donors (Lipinski definition) is 1. The van der Waals surface area contributed by atoms with Gasteiger partial charge in [0.25, 0.3) is 0 Å². The summed E-state index contributed by atoms with van der Waals surface area (Å²) in [5.74, 6) is 1.39. The van der Waals surface area contributed by atoms with Crippen LogP contribution in [0.15, 0.2) is 23.8 Å². The van der Waals surface area contributed by atoms with Crippen LogP contribution in [0.3, 0.4) is 0 Å². The molecular formula is C21H30O2.